The van der Waals surface area contributed by atoms with Gasteiger partial charge in [-0.05, 0) is 6.42 Å². The summed E-state index contributed by atoms with van der Waals surface area (Å²) in [4.78, 5) is 9.99. The molecule has 0 rings (SSSR count). The SMILES string of the molecule is CC/C=C\[C@@H](O)[C@@H](CO)NC=O. The minimum atomic E-state index is -0.819. The van der Waals surface area contributed by atoms with Gasteiger partial charge in [-0.3, -0.25) is 4.79 Å². The molecule has 0 aliphatic carbocycles. The molecule has 0 aliphatic heterocycles. The van der Waals surface area contributed by atoms with Crippen LogP contribution in [0.3, 0.4) is 0 Å². The first kappa shape index (κ1) is 11.1. The highest BCUT2D eigenvalue weighted by atomic mass is 16.3. The Morgan fingerprint density at radius 3 is 2.67 bits per heavy atom. The van der Waals surface area contributed by atoms with Crippen molar-refractivity contribution in [3.05, 3.63) is 12.2 Å². The van der Waals surface area contributed by atoms with E-state index in [1.54, 1.807) is 12.2 Å². The number of allylic oxidation sites excluding steroid dienone is 1. The van der Waals surface area contributed by atoms with E-state index in [9.17, 15) is 9.90 Å². The molecule has 12 heavy (non-hydrogen) atoms. The van der Waals surface area contributed by atoms with Gasteiger partial charge in [0.25, 0.3) is 0 Å². The van der Waals surface area contributed by atoms with Gasteiger partial charge in [0.15, 0.2) is 0 Å². The number of hydrogen-bond donors (Lipinski definition) is 3. The van der Waals surface area contributed by atoms with Gasteiger partial charge in [0.2, 0.25) is 6.41 Å². The lowest BCUT2D eigenvalue weighted by Gasteiger charge is -2.16. The van der Waals surface area contributed by atoms with Crippen molar-refractivity contribution in [3.8, 4) is 0 Å². The van der Waals surface area contributed by atoms with Crippen LogP contribution in [0.4, 0.5) is 0 Å². The monoisotopic (exact) mass is 173 g/mol. The maximum atomic E-state index is 9.99. The average Bonchev–Trinajstić information content (AvgIpc) is 2.10. The second-order valence-electron chi connectivity index (χ2n) is 2.40. The number of nitrogens with one attached hydrogen (secondary N) is 1. The first-order valence-electron chi connectivity index (χ1n) is 3.91. The van der Waals surface area contributed by atoms with Gasteiger partial charge in [-0.1, -0.05) is 19.1 Å². The van der Waals surface area contributed by atoms with E-state index in [2.05, 4.69) is 5.32 Å². The molecular formula is C8H15NO3. The van der Waals surface area contributed by atoms with Crippen LogP contribution in [0.5, 0.6) is 0 Å². The first-order chi connectivity index (χ1) is 5.76. The van der Waals surface area contributed by atoms with E-state index in [0.29, 0.717) is 6.41 Å². The predicted octanol–water partition coefficient (Wildman–Crippen LogP) is -0.580. The lowest BCUT2D eigenvalue weighted by Crippen LogP contribution is -2.41. The standard InChI is InChI=1S/C8H15NO3/c1-2-3-4-8(12)7(5-10)9-6-11/h3-4,6-8,10,12H,2,5H2,1H3,(H,9,11)/b4-3-/t7-,8-/m1/s1. The molecule has 70 valence electrons. The van der Waals surface area contributed by atoms with Crippen molar-refractivity contribution in [2.24, 2.45) is 0 Å². The number of amides is 1. The summed E-state index contributed by atoms with van der Waals surface area (Å²) >= 11 is 0. The molecule has 0 fully saturated rings. The molecule has 0 spiro atoms. The summed E-state index contributed by atoms with van der Waals surface area (Å²) in [7, 11) is 0. The fourth-order valence-electron chi connectivity index (χ4n) is 0.756. The van der Waals surface area contributed by atoms with Crippen LogP contribution in [0, 0.1) is 0 Å². The highest BCUT2D eigenvalue weighted by Gasteiger charge is 2.13. The number of carbonyl (C=O) groups excluding carboxylic acids is 1. The van der Waals surface area contributed by atoms with Crippen LogP contribution >= 0.6 is 0 Å². The normalized spacial score (nSPS) is 15.9. The van der Waals surface area contributed by atoms with E-state index in [-0.39, 0.29) is 6.61 Å². The molecule has 0 saturated heterocycles. The summed E-state index contributed by atoms with van der Waals surface area (Å²) in [5.41, 5.74) is 0. The Morgan fingerprint density at radius 2 is 2.25 bits per heavy atom. The Morgan fingerprint density at radius 1 is 1.58 bits per heavy atom. The molecular weight excluding hydrogens is 158 g/mol. The zero-order chi connectivity index (χ0) is 9.40. The van der Waals surface area contributed by atoms with Crippen molar-refractivity contribution < 1.29 is 15.0 Å². The van der Waals surface area contributed by atoms with E-state index in [0.717, 1.165) is 6.42 Å². The summed E-state index contributed by atoms with van der Waals surface area (Å²) in [6.07, 6.45) is 3.79. The van der Waals surface area contributed by atoms with Crippen molar-refractivity contribution in [1.29, 1.82) is 0 Å². The molecule has 3 N–H and O–H groups in total. The third-order valence-corrected chi connectivity index (χ3v) is 1.46. The second-order valence-corrected chi connectivity index (χ2v) is 2.40. The maximum absolute atomic E-state index is 9.99. The van der Waals surface area contributed by atoms with Crippen LogP contribution in [0.25, 0.3) is 0 Å². The Kier molecular flexibility index (Phi) is 6.32. The van der Waals surface area contributed by atoms with E-state index in [1.165, 1.54) is 0 Å². The molecule has 1 amide bonds. The summed E-state index contributed by atoms with van der Waals surface area (Å²) in [6, 6.07) is -0.606. The number of aliphatic hydroxyl groups excluding tert-OH is 2. The number of carbonyl (C=O) groups is 1. The second kappa shape index (κ2) is 6.82. The molecule has 0 unspecified atom stereocenters. The van der Waals surface area contributed by atoms with Crippen molar-refractivity contribution in [1.82, 2.24) is 5.32 Å². The fourth-order valence-corrected chi connectivity index (χ4v) is 0.756. The van der Waals surface area contributed by atoms with Crippen LogP contribution < -0.4 is 5.32 Å². The van der Waals surface area contributed by atoms with Gasteiger partial charge in [0, 0.05) is 0 Å². The van der Waals surface area contributed by atoms with Gasteiger partial charge in [-0.15, -0.1) is 0 Å². The molecule has 0 radical (unpaired) electrons. The van der Waals surface area contributed by atoms with Crippen molar-refractivity contribution >= 4 is 6.41 Å². The topological polar surface area (TPSA) is 69.6 Å². The van der Waals surface area contributed by atoms with Gasteiger partial charge in [0.05, 0.1) is 18.8 Å². The van der Waals surface area contributed by atoms with Gasteiger partial charge >= 0.3 is 0 Å². The van der Waals surface area contributed by atoms with Gasteiger partial charge in [-0.25, -0.2) is 0 Å². The molecule has 0 saturated carbocycles. The van der Waals surface area contributed by atoms with Crippen LogP contribution in [0.15, 0.2) is 12.2 Å². The molecule has 0 bridgehead atoms. The van der Waals surface area contributed by atoms with Gasteiger partial charge < -0.3 is 15.5 Å². The van der Waals surface area contributed by atoms with E-state index < -0.39 is 12.1 Å². The maximum Gasteiger partial charge on any atom is 0.207 e. The quantitative estimate of drug-likeness (QED) is 0.372. The predicted molar refractivity (Wildman–Crippen MR) is 45.5 cm³/mol. The number of aliphatic hydroxyl groups is 2. The third-order valence-electron chi connectivity index (χ3n) is 1.46. The van der Waals surface area contributed by atoms with Gasteiger partial charge in [-0.2, -0.15) is 0 Å². The number of rotatable bonds is 6. The lowest BCUT2D eigenvalue weighted by molar-refractivity contribution is -0.111. The Labute approximate surface area is 71.9 Å². The molecule has 4 nitrogen and oxygen atoms in total. The smallest absolute Gasteiger partial charge is 0.207 e. The molecule has 0 aliphatic rings. The van der Waals surface area contributed by atoms with E-state index >= 15 is 0 Å². The summed E-state index contributed by atoms with van der Waals surface area (Å²) < 4.78 is 0. The Hall–Kier alpha value is -0.870. The average molecular weight is 173 g/mol. The fraction of sp³-hybridized carbons (Fsp3) is 0.625. The highest BCUT2D eigenvalue weighted by molar-refractivity contribution is 5.47. The minimum absolute atomic E-state index is 0.270. The Bertz CT molecular complexity index is 147. The van der Waals surface area contributed by atoms with Crippen LogP contribution in [0.1, 0.15) is 13.3 Å². The minimum Gasteiger partial charge on any atom is -0.394 e. The van der Waals surface area contributed by atoms with Crippen molar-refractivity contribution in [2.75, 3.05) is 6.61 Å². The number of hydrogen-bond acceptors (Lipinski definition) is 3. The largest absolute Gasteiger partial charge is 0.394 e. The summed E-state index contributed by atoms with van der Waals surface area (Å²) in [6.45, 7) is 1.66. The van der Waals surface area contributed by atoms with E-state index in [1.807, 2.05) is 6.92 Å². The summed E-state index contributed by atoms with van der Waals surface area (Å²) in [5.74, 6) is 0. The first-order valence-corrected chi connectivity index (χ1v) is 3.91. The lowest BCUT2D eigenvalue weighted by atomic mass is 10.1. The summed E-state index contributed by atoms with van der Waals surface area (Å²) in [5, 5.41) is 20.3. The molecule has 2 atom stereocenters. The van der Waals surface area contributed by atoms with E-state index in [4.69, 9.17) is 5.11 Å². The zero-order valence-electron chi connectivity index (χ0n) is 7.10. The van der Waals surface area contributed by atoms with Gasteiger partial charge in [0.1, 0.15) is 0 Å². The molecule has 0 heterocycles. The van der Waals surface area contributed by atoms with Crippen molar-refractivity contribution in [2.45, 2.75) is 25.5 Å². The van der Waals surface area contributed by atoms with Crippen molar-refractivity contribution in [3.63, 3.8) is 0 Å². The molecule has 0 aromatic carbocycles. The molecule has 4 heteroatoms. The molecule has 0 aromatic rings. The zero-order valence-corrected chi connectivity index (χ0v) is 7.10. The van der Waals surface area contributed by atoms with Crippen LogP contribution in [0.2, 0.25) is 0 Å². The highest BCUT2D eigenvalue weighted by Crippen LogP contribution is 1.95. The Balaban J connectivity index is 3.91. The molecule has 0 aromatic heterocycles. The van der Waals surface area contributed by atoms with Crippen LogP contribution in [-0.2, 0) is 4.79 Å². The van der Waals surface area contributed by atoms with Crippen LogP contribution in [-0.4, -0.2) is 35.4 Å². The third kappa shape index (κ3) is 4.10.